The van der Waals surface area contributed by atoms with Crippen molar-refractivity contribution in [3.63, 3.8) is 0 Å². The van der Waals surface area contributed by atoms with Gasteiger partial charge in [-0.15, -0.1) is 11.8 Å². The molecule has 0 aromatic carbocycles. The molecule has 2 aliphatic rings. The van der Waals surface area contributed by atoms with Gasteiger partial charge in [0.1, 0.15) is 6.04 Å². The van der Waals surface area contributed by atoms with Crippen molar-refractivity contribution in [2.75, 3.05) is 7.11 Å². The number of thioether (sulfide) groups is 1. The molecule has 4 nitrogen and oxygen atoms in total. The first-order valence-corrected chi connectivity index (χ1v) is 5.86. The van der Waals surface area contributed by atoms with Gasteiger partial charge >= 0.3 is 5.97 Å². The lowest BCUT2D eigenvalue weighted by atomic mass is 9.93. The number of β-lactam (4-membered cyclic amide) rings is 1. The first-order chi connectivity index (χ1) is 6.90. The van der Waals surface area contributed by atoms with E-state index < -0.39 is 6.04 Å². The van der Waals surface area contributed by atoms with Crippen molar-refractivity contribution in [1.29, 1.82) is 0 Å². The number of methoxy groups -OCH3 is 1. The molecule has 3 atom stereocenters. The van der Waals surface area contributed by atoms with Gasteiger partial charge in [-0.2, -0.15) is 0 Å². The summed E-state index contributed by atoms with van der Waals surface area (Å²) in [7, 11) is 1.37. The van der Waals surface area contributed by atoms with Gasteiger partial charge in [0.15, 0.2) is 0 Å². The molecular formula is C10H15NO3S. The molecule has 2 rings (SSSR count). The second kappa shape index (κ2) is 3.14. The van der Waals surface area contributed by atoms with E-state index in [1.54, 1.807) is 16.7 Å². The van der Waals surface area contributed by atoms with Crippen molar-refractivity contribution in [2.24, 2.45) is 5.92 Å². The molecule has 0 aliphatic carbocycles. The Morgan fingerprint density at radius 2 is 2.13 bits per heavy atom. The summed E-state index contributed by atoms with van der Waals surface area (Å²) in [6.45, 7) is 5.88. The van der Waals surface area contributed by atoms with Crippen LogP contribution in [0.2, 0.25) is 0 Å². The largest absolute Gasteiger partial charge is 0.467 e. The highest BCUT2D eigenvalue weighted by Gasteiger charge is 2.62. The first-order valence-electron chi connectivity index (χ1n) is 4.98. The van der Waals surface area contributed by atoms with E-state index in [1.807, 2.05) is 20.8 Å². The average molecular weight is 229 g/mol. The smallest absolute Gasteiger partial charge is 0.330 e. The highest BCUT2D eigenvalue weighted by Crippen LogP contribution is 2.53. The number of hydrogen-bond acceptors (Lipinski definition) is 4. The number of amides is 1. The predicted molar refractivity (Wildman–Crippen MR) is 57.3 cm³/mol. The summed E-state index contributed by atoms with van der Waals surface area (Å²) in [5.74, 6) is -0.215. The fraction of sp³-hybridized carbons (Fsp3) is 0.800. The molecule has 0 N–H and O–H groups in total. The van der Waals surface area contributed by atoms with Gasteiger partial charge < -0.3 is 9.64 Å². The number of fused-ring (bicyclic) bond motifs is 1. The van der Waals surface area contributed by atoms with Crippen LogP contribution in [0.5, 0.6) is 0 Å². The van der Waals surface area contributed by atoms with E-state index in [0.717, 1.165) is 0 Å². The van der Waals surface area contributed by atoms with Crippen molar-refractivity contribution in [3.05, 3.63) is 0 Å². The van der Waals surface area contributed by atoms with Crippen LogP contribution >= 0.6 is 11.8 Å². The molecule has 3 unspecified atom stereocenters. The molecule has 2 aliphatic heterocycles. The van der Waals surface area contributed by atoms with Crippen LogP contribution in [0.25, 0.3) is 0 Å². The van der Waals surface area contributed by atoms with E-state index in [0.29, 0.717) is 0 Å². The maximum atomic E-state index is 11.7. The van der Waals surface area contributed by atoms with Gasteiger partial charge in [0, 0.05) is 4.75 Å². The molecule has 0 bridgehead atoms. The summed E-state index contributed by atoms with van der Waals surface area (Å²) >= 11 is 1.69. The number of ether oxygens (including phenoxy) is 1. The van der Waals surface area contributed by atoms with Crippen LogP contribution in [0.4, 0.5) is 0 Å². The normalized spacial score (nSPS) is 37.2. The summed E-state index contributed by atoms with van der Waals surface area (Å²) in [4.78, 5) is 25.0. The summed E-state index contributed by atoms with van der Waals surface area (Å²) < 4.78 is 4.51. The van der Waals surface area contributed by atoms with Gasteiger partial charge in [-0.25, -0.2) is 4.79 Å². The third-order valence-corrected chi connectivity index (χ3v) is 4.84. The van der Waals surface area contributed by atoms with E-state index in [1.165, 1.54) is 7.11 Å². The molecule has 15 heavy (non-hydrogen) atoms. The van der Waals surface area contributed by atoms with Crippen LogP contribution in [-0.2, 0) is 14.3 Å². The summed E-state index contributed by atoms with van der Waals surface area (Å²) in [5.41, 5.74) is 0. The molecule has 1 amide bonds. The van der Waals surface area contributed by atoms with Crippen LogP contribution in [-0.4, -0.2) is 40.0 Å². The zero-order chi connectivity index (χ0) is 11.4. The molecule has 2 fully saturated rings. The van der Waals surface area contributed by atoms with Crippen LogP contribution < -0.4 is 0 Å². The Hall–Kier alpha value is -0.710. The molecule has 2 heterocycles. The Balaban J connectivity index is 2.29. The van der Waals surface area contributed by atoms with Crippen molar-refractivity contribution >= 4 is 23.6 Å². The van der Waals surface area contributed by atoms with Crippen molar-refractivity contribution < 1.29 is 14.3 Å². The number of esters is 1. The first kappa shape index (κ1) is 10.8. The van der Waals surface area contributed by atoms with Gasteiger partial charge in [-0.3, -0.25) is 4.79 Å². The molecule has 2 saturated heterocycles. The van der Waals surface area contributed by atoms with Crippen LogP contribution in [0.15, 0.2) is 0 Å². The van der Waals surface area contributed by atoms with Gasteiger partial charge in [0.05, 0.1) is 18.4 Å². The minimum absolute atomic E-state index is 0.0314. The summed E-state index contributed by atoms with van der Waals surface area (Å²) in [6.07, 6.45) is 0. The zero-order valence-corrected chi connectivity index (χ0v) is 10.1. The molecule has 84 valence electrons. The minimum Gasteiger partial charge on any atom is -0.467 e. The lowest BCUT2D eigenvalue weighted by molar-refractivity contribution is -0.164. The van der Waals surface area contributed by atoms with E-state index in [-0.39, 0.29) is 27.9 Å². The fourth-order valence-electron chi connectivity index (χ4n) is 2.29. The van der Waals surface area contributed by atoms with Gasteiger partial charge in [0.25, 0.3) is 0 Å². The predicted octanol–water partition coefficient (Wildman–Crippen LogP) is 0.858. The van der Waals surface area contributed by atoms with Gasteiger partial charge in [0.2, 0.25) is 5.91 Å². The second-order valence-corrected chi connectivity index (χ2v) is 6.34. The monoisotopic (exact) mass is 229 g/mol. The molecule has 0 radical (unpaired) electrons. The number of rotatable bonds is 1. The highest BCUT2D eigenvalue weighted by molar-refractivity contribution is 8.01. The fourth-order valence-corrected chi connectivity index (χ4v) is 3.91. The Morgan fingerprint density at radius 3 is 2.67 bits per heavy atom. The number of hydrogen-bond donors (Lipinski definition) is 0. The molecule has 5 heteroatoms. The van der Waals surface area contributed by atoms with E-state index in [4.69, 9.17) is 4.74 Å². The van der Waals surface area contributed by atoms with Crippen LogP contribution in [0.1, 0.15) is 20.8 Å². The highest BCUT2D eigenvalue weighted by atomic mass is 32.2. The molecule has 0 spiro atoms. The maximum Gasteiger partial charge on any atom is 0.330 e. The number of nitrogens with zero attached hydrogens (tertiary/aromatic N) is 1. The SMILES string of the molecule is COC(=O)C1N2C(=O)C(C)C2SC1(C)C. The Morgan fingerprint density at radius 1 is 1.53 bits per heavy atom. The average Bonchev–Trinajstić information content (AvgIpc) is 2.45. The minimum atomic E-state index is -0.429. The van der Waals surface area contributed by atoms with E-state index in [2.05, 4.69) is 0 Å². The van der Waals surface area contributed by atoms with Crippen molar-refractivity contribution in [1.82, 2.24) is 4.90 Å². The molecular weight excluding hydrogens is 214 g/mol. The molecule has 0 aromatic heterocycles. The van der Waals surface area contributed by atoms with Crippen molar-refractivity contribution in [3.8, 4) is 0 Å². The number of carbonyl (C=O) groups excluding carboxylic acids is 2. The maximum absolute atomic E-state index is 11.7. The van der Waals surface area contributed by atoms with E-state index in [9.17, 15) is 9.59 Å². The summed E-state index contributed by atoms with van der Waals surface area (Å²) in [5, 5.41) is 0.150. The zero-order valence-electron chi connectivity index (χ0n) is 9.31. The van der Waals surface area contributed by atoms with Gasteiger partial charge in [-0.05, 0) is 13.8 Å². The third kappa shape index (κ3) is 1.29. The van der Waals surface area contributed by atoms with Gasteiger partial charge in [-0.1, -0.05) is 6.92 Å². The standard InChI is InChI=1S/C10H15NO3S/c1-5-7(12)11-6(9(13)14-4)10(2,3)15-8(5)11/h5-6,8H,1-4H3. The topological polar surface area (TPSA) is 46.6 Å². The molecule has 0 aromatic rings. The summed E-state index contributed by atoms with van der Waals surface area (Å²) in [6, 6.07) is -0.429. The Bertz CT molecular complexity index is 329. The van der Waals surface area contributed by atoms with E-state index >= 15 is 0 Å². The van der Waals surface area contributed by atoms with Crippen LogP contribution in [0, 0.1) is 5.92 Å². The Kier molecular flexibility index (Phi) is 2.26. The van der Waals surface area contributed by atoms with Crippen LogP contribution in [0.3, 0.4) is 0 Å². The van der Waals surface area contributed by atoms with Crippen molar-refractivity contribution in [2.45, 2.75) is 36.9 Å². The quantitative estimate of drug-likeness (QED) is 0.494. The Labute approximate surface area is 93.3 Å². The second-order valence-electron chi connectivity index (χ2n) is 4.57. The number of carbonyl (C=O) groups is 2. The lowest BCUT2D eigenvalue weighted by Gasteiger charge is -2.42. The molecule has 0 saturated carbocycles. The third-order valence-electron chi connectivity index (χ3n) is 3.13. The lowest BCUT2D eigenvalue weighted by Crippen LogP contribution is -2.61.